The Morgan fingerprint density at radius 3 is 1.20 bits per heavy atom. The summed E-state index contributed by atoms with van der Waals surface area (Å²) in [6.07, 6.45) is 22.1. The van der Waals surface area contributed by atoms with Gasteiger partial charge < -0.3 is 5.73 Å². The van der Waals surface area contributed by atoms with Gasteiger partial charge in [-0.25, -0.2) is 0 Å². The van der Waals surface area contributed by atoms with Gasteiger partial charge in [0.1, 0.15) is 0 Å². The quantitative estimate of drug-likeness (QED) is 0.284. The van der Waals surface area contributed by atoms with Crippen LogP contribution in [0.4, 0.5) is 0 Å². The second kappa shape index (κ2) is 17.1. The Labute approximate surface area is 129 Å². The first kappa shape index (κ1) is 20.0. The van der Waals surface area contributed by atoms with Crippen molar-refractivity contribution >= 4 is 7.85 Å². The number of hydrogen-bond donors (Lipinski definition) is 1. The molecule has 2 radical (unpaired) electrons. The van der Waals surface area contributed by atoms with Gasteiger partial charge in [0.2, 0.25) is 0 Å². The van der Waals surface area contributed by atoms with Gasteiger partial charge in [-0.1, -0.05) is 103 Å². The predicted molar refractivity (Wildman–Crippen MR) is 93.3 cm³/mol. The standard InChI is InChI=1S/C18H38BN/c1-2-3-4-5-6-7-8-9-10-11-12-13-14-15-16-17-18(19)20/h18H,2-17,20H2,1H3. The summed E-state index contributed by atoms with van der Waals surface area (Å²) >= 11 is 0. The average Bonchev–Trinajstić information content (AvgIpc) is 2.43. The van der Waals surface area contributed by atoms with Crippen molar-refractivity contribution in [1.29, 1.82) is 0 Å². The van der Waals surface area contributed by atoms with Crippen LogP contribution >= 0.6 is 0 Å². The topological polar surface area (TPSA) is 26.0 Å². The molecule has 0 aliphatic heterocycles. The molecule has 118 valence electrons. The van der Waals surface area contributed by atoms with Crippen LogP contribution in [0, 0.1) is 0 Å². The maximum atomic E-state index is 5.52. The van der Waals surface area contributed by atoms with E-state index in [0.717, 1.165) is 6.42 Å². The Balaban J connectivity index is 2.92. The summed E-state index contributed by atoms with van der Waals surface area (Å²) in [6.45, 7) is 2.28. The summed E-state index contributed by atoms with van der Waals surface area (Å²) < 4.78 is 0. The lowest BCUT2D eigenvalue weighted by molar-refractivity contribution is 0.528. The first-order valence-electron chi connectivity index (χ1n) is 9.28. The van der Waals surface area contributed by atoms with Crippen molar-refractivity contribution < 1.29 is 0 Å². The summed E-state index contributed by atoms with van der Waals surface area (Å²) in [7, 11) is 5.52. The number of rotatable bonds is 16. The normalized spacial score (nSPS) is 12.7. The Bertz CT molecular complexity index is 171. The highest BCUT2D eigenvalue weighted by atomic mass is 14.6. The summed E-state index contributed by atoms with van der Waals surface area (Å²) in [5.74, 6) is -0.100. The smallest absolute Gasteiger partial charge is 0.0903 e. The third kappa shape index (κ3) is 18.0. The molecule has 20 heavy (non-hydrogen) atoms. The summed E-state index contributed by atoms with van der Waals surface area (Å²) in [6, 6.07) is 0. The van der Waals surface area contributed by atoms with Crippen molar-refractivity contribution in [3.05, 3.63) is 0 Å². The van der Waals surface area contributed by atoms with Gasteiger partial charge in [-0.3, -0.25) is 0 Å². The van der Waals surface area contributed by atoms with E-state index >= 15 is 0 Å². The first-order chi connectivity index (χ1) is 9.77. The minimum atomic E-state index is -0.100. The molecule has 2 heteroatoms. The Kier molecular flexibility index (Phi) is 17.1. The third-order valence-electron chi connectivity index (χ3n) is 4.14. The maximum absolute atomic E-state index is 5.52. The molecule has 0 aliphatic rings. The van der Waals surface area contributed by atoms with Crippen molar-refractivity contribution in [2.24, 2.45) is 5.73 Å². The molecule has 0 aromatic carbocycles. The van der Waals surface area contributed by atoms with Crippen molar-refractivity contribution in [2.75, 3.05) is 0 Å². The van der Waals surface area contributed by atoms with Crippen molar-refractivity contribution in [1.82, 2.24) is 0 Å². The van der Waals surface area contributed by atoms with E-state index in [1.807, 2.05) is 0 Å². The van der Waals surface area contributed by atoms with E-state index in [1.54, 1.807) is 0 Å². The molecule has 0 aliphatic carbocycles. The SMILES string of the molecule is [B]C(N)CCCCCCCCCCCCCCCCC. The molecule has 0 aromatic rings. The Hall–Kier alpha value is 0.0249. The predicted octanol–water partition coefficient (Wildman–Crippen LogP) is 5.70. The van der Waals surface area contributed by atoms with Crippen LogP contribution in [0.5, 0.6) is 0 Å². The van der Waals surface area contributed by atoms with Crippen LogP contribution in [0.3, 0.4) is 0 Å². The molecule has 2 N–H and O–H groups in total. The third-order valence-corrected chi connectivity index (χ3v) is 4.14. The van der Waals surface area contributed by atoms with Crippen LogP contribution in [0.25, 0.3) is 0 Å². The average molecular weight is 279 g/mol. The van der Waals surface area contributed by atoms with E-state index in [2.05, 4.69) is 6.92 Å². The molecule has 0 heterocycles. The van der Waals surface area contributed by atoms with E-state index in [4.69, 9.17) is 13.6 Å². The molecule has 0 aromatic heterocycles. The summed E-state index contributed by atoms with van der Waals surface area (Å²) in [4.78, 5) is 0. The molecule has 0 amide bonds. The van der Waals surface area contributed by atoms with Gasteiger partial charge >= 0.3 is 0 Å². The molecule has 1 unspecified atom stereocenters. The maximum Gasteiger partial charge on any atom is 0.0903 e. The highest BCUT2D eigenvalue weighted by molar-refractivity contribution is 6.11. The zero-order valence-corrected chi connectivity index (χ0v) is 14.0. The largest absolute Gasteiger partial charge is 0.336 e. The first-order valence-corrected chi connectivity index (χ1v) is 9.28. The van der Waals surface area contributed by atoms with E-state index in [0.29, 0.717) is 0 Å². The summed E-state index contributed by atoms with van der Waals surface area (Å²) in [5, 5.41) is 0. The van der Waals surface area contributed by atoms with Crippen LogP contribution in [-0.4, -0.2) is 13.8 Å². The number of nitrogens with two attached hydrogens (primary N) is 1. The zero-order valence-electron chi connectivity index (χ0n) is 14.0. The second-order valence-corrected chi connectivity index (χ2v) is 6.40. The minimum Gasteiger partial charge on any atom is -0.336 e. The van der Waals surface area contributed by atoms with Crippen LogP contribution in [0.2, 0.25) is 0 Å². The van der Waals surface area contributed by atoms with Gasteiger partial charge in [-0.2, -0.15) is 0 Å². The molecule has 0 saturated heterocycles. The molecule has 0 fully saturated rings. The molecule has 1 atom stereocenters. The van der Waals surface area contributed by atoms with Gasteiger partial charge in [-0.15, -0.1) is 0 Å². The van der Waals surface area contributed by atoms with Crippen LogP contribution in [-0.2, 0) is 0 Å². The van der Waals surface area contributed by atoms with Gasteiger partial charge in [0, 0.05) is 0 Å². The second-order valence-electron chi connectivity index (χ2n) is 6.40. The fourth-order valence-corrected chi connectivity index (χ4v) is 2.75. The lowest BCUT2D eigenvalue weighted by Crippen LogP contribution is -2.18. The highest BCUT2D eigenvalue weighted by Gasteiger charge is 1.95. The fraction of sp³-hybridized carbons (Fsp3) is 1.00. The summed E-state index contributed by atoms with van der Waals surface area (Å²) in [5.41, 5.74) is 5.52. The van der Waals surface area contributed by atoms with E-state index in [9.17, 15) is 0 Å². The minimum absolute atomic E-state index is 0.100. The lowest BCUT2D eigenvalue weighted by atomic mass is 9.92. The zero-order chi connectivity index (χ0) is 14.9. The van der Waals surface area contributed by atoms with E-state index in [-0.39, 0.29) is 5.94 Å². The van der Waals surface area contributed by atoms with Crippen molar-refractivity contribution in [3.8, 4) is 0 Å². The van der Waals surface area contributed by atoms with Crippen LogP contribution < -0.4 is 5.73 Å². The van der Waals surface area contributed by atoms with E-state index < -0.39 is 0 Å². The Morgan fingerprint density at radius 2 is 0.900 bits per heavy atom. The monoisotopic (exact) mass is 279 g/mol. The number of unbranched alkanes of at least 4 members (excludes halogenated alkanes) is 14. The van der Waals surface area contributed by atoms with Crippen LogP contribution in [0.1, 0.15) is 110 Å². The number of hydrogen-bond acceptors (Lipinski definition) is 1. The molecule has 0 spiro atoms. The molecule has 0 rings (SSSR count). The molecule has 0 bridgehead atoms. The van der Waals surface area contributed by atoms with Gasteiger partial charge in [0.15, 0.2) is 0 Å². The fourth-order valence-electron chi connectivity index (χ4n) is 2.75. The molecular weight excluding hydrogens is 241 g/mol. The molecular formula is C18H38BN. The van der Waals surface area contributed by atoms with Gasteiger partial charge in [-0.05, 0) is 12.4 Å². The van der Waals surface area contributed by atoms with Gasteiger partial charge in [0.05, 0.1) is 7.85 Å². The molecule has 0 saturated carbocycles. The van der Waals surface area contributed by atoms with Crippen LogP contribution in [0.15, 0.2) is 0 Å². The van der Waals surface area contributed by atoms with Crippen molar-refractivity contribution in [2.45, 2.75) is 116 Å². The highest BCUT2D eigenvalue weighted by Crippen LogP contribution is 2.13. The van der Waals surface area contributed by atoms with E-state index in [1.165, 1.54) is 96.3 Å². The Morgan fingerprint density at radius 1 is 0.600 bits per heavy atom. The van der Waals surface area contributed by atoms with Crippen molar-refractivity contribution in [3.63, 3.8) is 0 Å². The lowest BCUT2D eigenvalue weighted by Gasteiger charge is -2.05. The molecule has 1 nitrogen and oxygen atoms in total. The van der Waals surface area contributed by atoms with Gasteiger partial charge in [0.25, 0.3) is 0 Å².